The lowest BCUT2D eigenvalue weighted by atomic mass is 10.2. The number of carbonyl (C=O) groups is 2. The zero-order valence-electron chi connectivity index (χ0n) is 10.3. The molecule has 0 aliphatic carbocycles. The van der Waals surface area contributed by atoms with Gasteiger partial charge in [-0.15, -0.1) is 0 Å². The summed E-state index contributed by atoms with van der Waals surface area (Å²) in [5.41, 5.74) is -0.509. The first-order valence-corrected chi connectivity index (χ1v) is 5.36. The number of nitrogens with zero attached hydrogens (tertiary/aromatic N) is 2. The van der Waals surface area contributed by atoms with Crippen molar-refractivity contribution in [1.82, 2.24) is 14.9 Å². The highest BCUT2D eigenvalue weighted by Gasteiger charge is 2.15. The molecule has 94 valence electrons. The minimum absolute atomic E-state index is 0.375. The van der Waals surface area contributed by atoms with Crippen LogP contribution in [-0.4, -0.2) is 34.2 Å². The van der Waals surface area contributed by atoms with Crippen molar-refractivity contribution in [3.05, 3.63) is 18.2 Å². The van der Waals surface area contributed by atoms with Gasteiger partial charge in [-0.2, -0.15) is 0 Å². The van der Waals surface area contributed by atoms with Gasteiger partial charge in [0.05, 0.1) is 0 Å². The van der Waals surface area contributed by atoms with E-state index in [1.54, 1.807) is 27.0 Å². The van der Waals surface area contributed by atoms with Crippen LogP contribution in [0.2, 0.25) is 0 Å². The third-order valence-electron chi connectivity index (χ3n) is 1.88. The topological polar surface area (TPSA) is 73.2 Å². The van der Waals surface area contributed by atoms with Gasteiger partial charge < -0.3 is 10.1 Å². The molecule has 0 aliphatic rings. The van der Waals surface area contributed by atoms with Gasteiger partial charge in [0, 0.05) is 25.4 Å². The van der Waals surface area contributed by atoms with Crippen molar-refractivity contribution in [2.24, 2.45) is 0 Å². The van der Waals surface area contributed by atoms with Gasteiger partial charge >= 0.3 is 6.09 Å². The van der Waals surface area contributed by atoms with E-state index in [9.17, 15) is 9.59 Å². The highest BCUT2D eigenvalue weighted by molar-refractivity contribution is 5.67. The van der Waals surface area contributed by atoms with E-state index < -0.39 is 11.7 Å². The molecule has 0 aliphatic heterocycles. The van der Waals surface area contributed by atoms with Crippen LogP contribution >= 0.6 is 0 Å². The fourth-order valence-electron chi connectivity index (χ4n) is 1.22. The van der Waals surface area contributed by atoms with Crippen molar-refractivity contribution < 1.29 is 14.3 Å². The zero-order chi connectivity index (χ0) is 12.9. The van der Waals surface area contributed by atoms with Crippen LogP contribution in [-0.2, 0) is 16.0 Å². The fraction of sp³-hybridized carbons (Fsp3) is 0.545. The second-order valence-electron chi connectivity index (χ2n) is 4.53. The summed E-state index contributed by atoms with van der Waals surface area (Å²) in [5.74, 6) is 0.607. The van der Waals surface area contributed by atoms with E-state index in [4.69, 9.17) is 4.74 Å². The van der Waals surface area contributed by atoms with Crippen LogP contribution in [0.5, 0.6) is 0 Å². The number of nitrogens with one attached hydrogen (secondary N) is 1. The fourth-order valence-corrected chi connectivity index (χ4v) is 1.22. The van der Waals surface area contributed by atoms with Gasteiger partial charge in [-0.1, -0.05) is 0 Å². The van der Waals surface area contributed by atoms with E-state index in [0.29, 0.717) is 25.2 Å². The Morgan fingerprint density at radius 3 is 2.88 bits per heavy atom. The lowest BCUT2D eigenvalue weighted by molar-refractivity contribution is 0.0528. The summed E-state index contributed by atoms with van der Waals surface area (Å²) in [5, 5.41) is 2.60. The minimum atomic E-state index is -0.509. The number of hydrogen-bond acceptors (Lipinski definition) is 4. The third kappa shape index (κ3) is 4.67. The summed E-state index contributed by atoms with van der Waals surface area (Å²) in [4.78, 5) is 25.9. The number of aromatic nitrogens is 2. The molecule has 1 amide bonds. The van der Waals surface area contributed by atoms with Crippen molar-refractivity contribution in [2.45, 2.75) is 32.8 Å². The second kappa shape index (κ2) is 5.47. The molecule has 0 radical (unpaired) electrons. The van der Waals surface area contributed by atoms with Crippen LogP contribution in [0, 0.1) is 0 Å². The smallest absolute Gasteiger partial charge is 0.407 e. The van der Waals surface area contributed by atoms with E-state index in [1.165, 1.54) is 10.8 Å². The molecule has 17 heavy (non-hydrogen) atoms. The van der Waals surface area contributed by atoms with Gasteiger partial charge in [-0.25, -0.2) is 9.78 Å². The maximum atomic E-state index is 11.3. The summed E-state index contributed by atoms with van der Waals surface area (Å²) >= 11 is 0. The average molecular weight is 239 g/mol. The number of amides is 1. The van der Waals surface area contributed by atoms with Crippen LogP contribution in [0.3, 0.4) is 0 Å². The highest BCUT2D eigenvalue weighted by Crippen LogP contribution is 2.06. The molecule has 6 nitrogen and oxygen atoms in total. The third-order valence-corrected chi connectivity index (χ3v) is 1.88. The predicted octanol–water partition coefficient (Wildman–Crippen LogP) is 0.989. The van der Waals surface area contributed by atoms with Gasteiger partial charge in [0.1, 0.15) is 11.4 Å². The number of carbonyl (C=O) groups excluding carboxylic acids is 2. The Hall–Kier alpha value is -1.85. The summed E-state index contributed by atoms with van der Waals surface area (Å²) < 4.78 is 6.44. The van der Waals surface area contributed by atoms with Crippen molar-refractivity contribution in [3.8, 4) is 0 Å². The molecule has 0 saturated carbocycles. The van der Waals surface area contributed by atoms with Gasteiger partial charge in [-0.05, 0) is 20.8 Å². The van der Waals surface area contributed by atoms with Crippen molar-refractivity contribution >= 4 is 12.5 Å². The molecule has 1 rings (SSSR count). The lowest BCUT2D eigenvalue weighted by Crippen LogP contribution is -2.33. The molecule has 6 heteroatoms. The predicted molar refractivity (Wildman–Crippen MR) is 62.3 cm³/mol. The molecule has 0 saturated heterocycles. The maximum absolute atomic E-state index is 11.3. The molecule has 0 atom stereocenters. The van der Waals surface area contributed by atoms with E-state index in [2.05, 4.69) is 10.3 Å². The highest BCUT2D eigenvalue weighted by atomic mass is 16.6. The zero-order valence-corrected chi connectivity index (χ0v) is 10.3. The Labute approximate surface area is 100.0 Å². The van der Waals surface area contributed by atoms with Crippen molar-refractivity contribution in [1.29, 1.82) is 0 Å². The summed E-state index contributed by atoms with van der Waals surface area (Å²) in [6, 6.07) is 0. The van der Waals surface area contributed by atoms with Crippen LogP contribution in [0.4, 0.5) is 4.79 Å². The molecule has 0 spiro atoms. The van der Waals surface area contributed by atoms with E-state index >= 15 is 0 Å². The molecular weight excluding hydrogens is 222 g/mol. The molecule has 0 bridgehead atoms. The first-order valence-electron chi connectivity index (χ1n) is 5.36. The molecule has 0 unspecified atom stereocenters. The number of hydrogen-bond donors (Lipinski definition) is 1. The van der Waals surface area contributed by atoms with Gasteiger partial charge in [-0.3, -0.25) is 9.36 Å². The quantitative estimate of drug-likeness (QED) is 0.795. The number of rotatable bonds is 4. The molecule has 1 aromatic rings. The summed E-state index contributed by atoms with van der Waals surface area (Å²) in [6.45, 7) is 5.77. The first kappa shape index (κ1) is 13.2. The Bertz CT molecular complexity index is 393. The van der Waals surface area contributed by atoms with E-state index in [-0.39, 0.29) is 0 Å². The SMILES string of the molecule is CC(C)(C)OC(=O)NCCc1nccn1C=O. The first-order chi connectivity index (χ1) is 7.92. The van der Waals surface area contributed by atoms with Crippen molar-refractivity contribution in [3.63, 3.8) is 0 Å². The van der Waals surface area contributed by atoms with Crippen molar-refractivity contribution in [2.75, 3.05) is 6.54 Å². The molecular formula is C11H17N3O3. The standard InChI is InChI=1S/C11H17N3O3/c1-11(2,3)17-10(16)13-5-4-9-12-6-7-14(9)8-15/h6-8H,4-5H2,1-3H3,(H,13,16). The van der Waals surface area contributed by atoms with Crippen LogP contribution in [0.25, 0.3) is 0 Å². The average Bonchev–Trinajstić information content (AvgIpc) is 2.62. The van der Waals surface area contributed by atoms with Gasteiger partial charge in [0.2, 0.25) is 6.41 Å². The number of alkyl carbamates (subject to hydrolysis) is 1. The normalized spacial score (nSPS) is 11.0. The monoisotopic (exact) mass is 239 g/mol. The van der Waals surface area contributed by atoms with E-state index in [0.717, 1.165) is 0 Å². The summed E-state index contributed by atoms with van der Waals surface area (Å²) in [7, 11) is 0. The van der Waals surface area contributed by atoms with E-state index in [1.807, 2.05) is 0 Å². The Morgan fingerprint density at radius 1 is 1.59 bits per heavy atom. The number of ether oxygens (including phenoxy) is 1. The minimum Gasteiger partial charge on any atom is -0.444 e. The molecule has 1 heterocycles. The molecule has 0 aromatic carbocycles. The Kier molecular flexibility index (Phi) is 4.25. The largest absolute Gasteiger partial charge is 0.444 e. The molecule has 1 N–H and O–H groups in total. The lowest BCUT2D eigenvalue weighted by Gasteiger charge is -2.19. The van der Waals surface area contributed by atoms with Crippen LogP contribution < -0.4 is 5.32 Å². The van der Waals surface area contributed by atoms with Crippen LogP contribution in [0.1, 0.15) is 26.6 Å². The second-order valence-corrected chi connectivity index (χ2v) is 4.53. The molecule has 0 fully saturated rings. The Morgan fingerprint density at radius 2 is 2.29 bits per heavy atom. The Balaban J connectivity index is 2.33. The number of imidazole rings is 1. The van der Waals surface area contributed by atoms with Gasteiger partial charge in [0.25, 0.3) is 0 Å². The molecule has 1 aromatic heterocycles. The van der Waals surface area contributed by atoms with Crippen LogP contribution in [0.15, 0.2) is 12.4 Å². The maximum Gasteiger partial charge on any atom is 0.407 e. The van der Waals surface area contributed by atoms with Gasteiger partial charge in [0.15, 0.2) is 0 Å². The summed E-state index contributed by atoms with van der Waals surface area (Å²) in [6.07, 6.45) is 3.79.